The SMILES string of the molecule is CN1CCCc2cc([C@H](CNC(=O)C(=O)Nc3ccccc3C#N)N(C)C)ccc21. The van der Waals surface area contributed by atoms with Crippen molar-refractivity contribution in [1.82, 2.24) is 10.2 Å². The van der Waals surface area contributed by atoms with E-state index in [4.69, 9.17) is 5.26 Å². The summed E-state index contributed by atoms with van der Waals surface area (Å²) < 4.78 is 0. The molecule has 0 fully saturated rings. The van der Waals surface area contributed by atoms with Crippen LogP contribution in [-0.2, 0) is 16.0 Å². The first-order chi connectivity index (χ1) is 14.4. The molecule has 0 saturated carbocycles. The van der Waals surface area contributed by atoms with E-state index in [2.05, 4.69) is 40.8 Å². The summed E-state index contributed by atoms with van der Waals surface area (Å²) in [5.41, 5.74) is 4.30. The van der Waals surface area contributed by atoms with E-state index in [-0.39, 0.29) is 6.04 Å². The molecule has 1 aliphatic heterocycles. The van der Waals surface area contributed by atoms with Crippen molar-refractivity contribution in [3.05, 3.63) is 59.2 Å². The van der Waals surface area contributed by atoms with Crippen LogP contribution in [0.5, 0.6) is 0 Å². The van der Waals surface area contributed by atoms with Crippen LogP contribution in [0.1, 0.15) is 29.2 Å². The summed E-state index contributed by atoms with van der Waals surface area (Å²) in [4.78, 5) is 28.9. The van der Waals surface area contributed by atoms with Crippen LogP contribution in [0.4, 0.5) is 11.4 Å². The van der Waals surface area contributed by atoms with E-state index >= 15 is 0 Å². The van der Waals surface area contributed by atoms with Gasteiger partial charge in [0.25, 0.3) is 0 Å². The molecule has 1 atom stereocenters. The summed E-state index contributed by atoms with van der Waals surface area (Å²) in [6, 6.07) is 14.9. The maximum Gasteiger partial charge on any atom is 0.313 e. The number of carbonyl (C=O) groups excluding carboxylic acids is 2. The largest absolute Gasteiger partial charge is 0.374 e. The zero-order chi connectivity index (χ0) is 21.7. The van der Waals surface area contributed by atoms with Gasteiger partial charge in [-0.05, 0) is 56.3 Å². The molecule has 0 aromatic heterocycles. The van der Waals surface area contributed by atoms with Gasteiger partial charge < -0.3 is 20.4 Å². The van der Waals surface area contributed by atoms with E-state index in [1.165, 1.54) is 11.3 Å². The summed E-state index contributed by atoms with van der Waals surface area (Å²) >= 11 is 0. The summed E-state index contributed by atoms with van der Waals surface area (Å²) in [5, 5.41) is 14.4. The molecule has 3 rings (SSSR count). The molecule has 1 aliphatic rings. The zero-order valence-corrected chi connectivity index (χ0v) is 17.6. The Morgan fingerprint density at radius 3 is 2.70 bits per heavy atom. The molecule has 2 N–H and O–H groups in total. The minimum atomic E-state index is -0.790. The monoisotopic (exact) mass is 405 g/mol. The predicted octanol–water partition coefficient (Wildman–Crippen LogP) is 2.30. The average molecular weight is 406 g/mol. The Morgan fingerprint density at radius 1 is 1.20 bits per heavy atom. The van der Waals surface area contributed by atoms with Gasteiger partial charge in [0.15, 0.2) is 0 Å². The Bertz CT molecular complexity index is 980. The van der Waals surface area contributed by atoms with Gasteiger partial charge in [0.2, 0.25) is 0 Å². The number of amides is 2. The molecule has 30 heavy (non-hydrogen) atoms. The van der Waals surface area contributed by atoms with Crippen LogP contribution in [-0.4, -0.2) is 50.9 Å². The van der Waals surface area contributed by atoms with Gasteiger partial charge in [-0.2, -0.15) is 5.26 Å². The second-order valence-electron chi connectivity index (χ2n) is 7.71. The quantitative estimate of drug-likeness (QED) is 0.745. The fourth-order valence-electron chi connectivity index (χ4n) is 3.75. The summed E-state index contributed by atoms with van der Waals surface area (Å²) in [6.07, 6.45) is 2.17. The molecule has 2 amide bonds. The second-order valence-corrected chi connectivity index (χ2v) is 7.71. The normalized spacial score (nSPS) is 13.9. The van der Waals surface area contributed by atoms with Crippen molar-refractivity contribution in [2.75, 3.05) is 44.4 Å². The number of likely N-dealkylation sites (N-methyl/N-ethyl adjacent to an activating group) is 1. The standard InChI is InChI=1S/C23H27N5O2/c1-27(2)21(17-10-11-20-16(13-17)8-6-12-28(20)3)15-25-22(29)23(30)26-19-9-5-4-7-18(19)14-24/h4-5,7,9-11,13,21H,6,8,12,15H2,1-3H3,(H,25,29)(H,26,30)/t21-/m0/s1. The Kier molecular flexibility index (Phi) is 6.70. The molecule has 7 nitrogen and oxygen atoms in total. The van der Waals surface area contributed by atoms with Crippen molar-refractivity contribution in [2.24, 2.45) is 0 Å². The molecule has 2 aromatic carbocycles. The highest BCUT2D eigenvalue weighted by Gasteiger charge is 2.21. The van der Waals surface area contributed by atoms with Gasteiger partial charge in [-0.15, -0.1) is 0 Å². The summed E-state index contributed by atoms with van der Waals surface area (Å²) in [7, 11) is 6.00. The van der Waals surface area contributed by atoms with E-state index in [9.17, 15) is 9.59 Å². The van der Waals surface area contributed by atoms with Crippen LogP contribution in [0.2, 0.25) is 0 Å². The van der Waals surface area contributed by atoms with Crippen LogP contribution in [0.3, 0.4) is 0 Å². The fourth-order valence-corrected chi connectivity index (χ4v) is 3.75. The smallest absolute Gasteiger partial charge is 0.313 e. The minimum Gasteiger partial charge on any atom is -0.374 e. The molecule has 2 aromatic rings. The topological polar surface area (TPSA) is 88.5 Å². The number of carbonyl (C=O) groups is 2. The van der Waals surface area contributed by atoms with Gasteiger partial charge in [0.1, 0.15) is 6.07 Å². The van der Waals surface area contributed by atoms with Gasteiger partial charge in [-0.1, -0.05) is 24.3 Å². The van der Waals surface area contributed by atoms with Gasteiger partial charge in [0.05, 0.1) is 17.3 Å². The molecular formula is C23H27N5O2. The lowest BCUT2D eigenvalue weighted by Crippen LogP contribution is -2.40. The van der Waals surface area contributed by atoms with Crippen molar-refractivity contribution >= 4 is 23.2 Å². The lowest BCUT2D eigenvalue weighted by atomic mass is 9.96. The average Bonchev–Trinajstić information content (AvgIpc) is 2.74. The fraction of sp³-hybridized carbons (Fsp3) is 0.348. The molecule has 0 saturated heterocycles. The van der Waals surface area contributed by atoms with E-state index in [0.29, 0.717) is 17.8 Å². The Hall–Kier alpha value is -3.37. The number of fused-ring (bicyclic) bond motifs is 1. The van der Waals surface area contributed by atoms with Crippen molar-refractivity contribution in [3.63, 3.8) is 0 Å². The van der Waals surface area contributed by atoms with Gasteiger partial charge in [-0.25, -0.2) is 0 Å². The number of hydrogen-bond donors (Lipinski definition) is 2. The number of nitrogens with zero attached hydrogens (tertiary/aromatic N) is 3. The highest BCUT2D eigenvalue weighted by molar-refractivity contribution is 6.39. The number of nitrogens with one attached hydrogen (secondary N) is 2. The number of hydrogen-bond acceptors (Lipinski definition) is 5. The third kappa shape index (κ3) is 4.78. The highest BCUT2D eigenvalue weighted by Crippen LogP contribution is 2.29. The maximum absolute atomic E-state index is 12.3. The molecule has 0 radical (unpaired) electrons. The lowest BCUT2D eigenvalue weighted by Gasteiger charge is -2.30. The zero-order valence-electron chi connectivity index (χ0n) is 17.6. The molecule has 0 aliphatic carbocycles. The number of para-hydroxylation sites is 1. The first kappa shape index (κ1) is 21.3. The molecule has 0 unspecified atom stereocenters. The Morgan fingerprint density at radius 2 is 1.97 bits per heavy atom. The first-order valence-corrected chi connectivity index (χ1v) is 9.99. The maximum atomic E-state index is 12.3. The predicted molar refractivity (Wildman–Crippen MR) is 117 cm³/mol. The van der Waals surface area contributed by atoms with Gasteiger partial charge in [0, 0.05) is 25.8 Å². The van der Waals surface area contributed by atoms with Crippen LogP contribution >= 0.6 is 0 Å². The Labute approximate surface area is 177 Å². The third-order valence-corrected chi connectivity index (χ3v) is 5.42. The lowest BCUT2D eigenvalue weighted by molar-refractivity contribution is -0.136. The van der Waals surface area contributed by atoms with E-state index in [0.717, 1.165) is 24.9 Å². The number of rotatable bonds is 5. The molecule has 156 valence electrons. The van der Waals surface area contributed by atoms with Gasteiger partial charge in [-0.3, -0.25) is 9.59 Å². The first-order valence-electron chi connectivity index (χ1n) is 9.99. The van der Waals surface area contributed by atoms with Crippen LogP contribution in [0.25, 0.3) is 0 Å². The minimum absolute atomic E-state index is 0.0642. The van der Waals surface area contributed by atoms with Crippen LogP contribution < -0.4 is 15.5 Å². The number of aryl methyl sites for hydroxylation is 1. The van der Waals surface area contributed by atoms with E-state index < -0.39 is 11.8 Å². The third-order valence-electron chi connectivity index (χ3n) is 5.42. The van der Waals surface area contributed by atoms with Crippen molar-refractivity contribution in [3.8, 4) is 6.07 Å². The van der Waals surface area contributed by atoms with Gasteiger partial charge >= 0.3 is 11.8 Å². The molecule has 7 heteroatoms. The molecule has 1 heterocycles. The Balaban J connectivity index is 1.67. The highest BCUT2D eigenvalue weighted by atomic mass is 16.2. The van der Waals surface area contributed by atoms with E-state index in [1.807, 2.05) is 25.1 Å². The molecule has 0 spiro atoms. The number of anilines is 2. The van der Waals surface area contributed by atoms with Crippen molar-refractivity contribution in [1.29, 1.82) is 5.26 Å². The summed E-state index contributed by atoms with van der Waals surface area (Å²) in [6.45, 7) is 1.36. The van der Waals surface area contributed by atoms with Crippen molar-refractivity contribution in [2.45, 2.75) is 18.9 Å². The van der Waals surface area contributed by atoms with Crippen LogP contribution in [0.15, 0.2) is 42.5 Å². The molecule has 0 bridgehead atoms. The second kappa shape index (κ2) is 9.42. The summed E-state index contributed by atoms with van der Waals surface area (Å²) in [5.74, 6) is -1.52. The number of benzene rings is 2. The number of nitriles is 1. The molecular weight excluding hydrogens is 378 g/mol. The van der Waals surface area contributed by atoms with Crippen molar-refractivity contribution < 1.29 is 9.59 Å². The van der Waals surface area contributed by atoms with E-state index in [1.54, 1.807) is 24.3 Å². The van der Waals surface area contributed by atoms with Crippen LogP contribution in [0, 0.1) is 11.3 Å².